The zero-order chi connectivity index (χ0) is 12.2. The van der Waals surface area contributed by atoms with Crippen molar-refractivity contribution in [3.8, 4) is 5.75 Å². The van der Waals surface area contributed by atoms with Crippen LogP contribution in [-0.4, -0.2) is 17.6 Å². The minimum absolute atomic E-state index is 0.158. The molecule has 0 radical (unpaired) electrons. The number of hydrogen-bond acceptors (Lipinski definition) is 3. The molecule has 1 aromatic rings. The quantitative estimate of drug-likeness (QED) is 0.500. The van der Waals surface area contributed by atoms with Gasteiger partial charge in [0.1, 0.15) is 11.4 Å². The van der Waals surface area contributed by atoms with Gasteiger partial charge in [0.25, 0.3) is 0 Å². The Morgan fingerprint density at radius 1 is 1.31 bits per heavy atom. The van der Waals surface area contributed by atoms with E-state index in [1.54, 1.807) is 0 Å². The molecule has 0 bridgehead atoms. The number of fused-ring (bicyclic) bond motifs is 1. The fourth-order valence-corrected chi connectivity index (χ4v) is 1.32. The van der Waals surface area contributed by atoms with Gasteiger partial charge in [-0.25, -0.2) is 0 Å². The molecule has 1 aliphatic heterocycles. The summed E-state index contributed by atoms with van der Waals surface area (Å²) in [5.41, 5.74) is 1.01. The van der Waals surface area contributed by atoms with Crippen LogP contribution in [0, 0.1) is 10.1 Å². The summed E-state index contributed by atoms with van der Waals surface area (Å²) < 4.78 is 5.73. The van der Waals surface area contributed by atoms with Gasteiger partial charge >= 0.3 is 0 Å². The number of para-hydroxylation sites is 1. The van der Waals surface area contributed by atoms with E-state index in [0.717, 1.165) is 18.4 Å². The summed E-state index contributed by atoms with van der Waals surface area (Å²) in [7, 11) is 0.889. The predicted octanol–water partition coefficient (Wildman–Crippen LogP) is 2.76. The molecule has 2 rings (SSSR count). The molecule has 0 aromatic heterocycles. The average molecular weight is 221 g/mol. The molecule has 0 fully saturated rings. The summed E-state index contributed by atoms with van der Waals surface area (Å²) in [6.07, 6.45) is 4.19. The first kappa shape index (κ1) is 12.2. The van der Waals surface area contributed by atoms with Gasteiger partial charge < -0.3 is 4.74 Å². The largest absolute Gasteiger partial charge is 0.483 e. The van der Waals surface area contributed by atoms with Gasteiger partial charge in [0, 0.05) is 10.5 Å². The second-order valence-electron chi connectivity index (χ2n) is 4.02. The molecule has 4 heteroatoms. The van der Waals surface area contributed by atoms with Crippen molar-refractivity contribution >= 4 is 6.08 Å². The van der Waals surface area contributed by atoms with Crippen LogP contribution in [0.1, 0.15) is 19.4 Å². The second kappa shape index (κ2) is 4.79. The monoisotopic (exact) mass is 221 g/mol. The molecule has 1 aliphatic rings. The number of benzene rings is 1. The van der Waals surface area contributed by atoms with Crippen molar-refractivity contribution in [3.05, 3.63) is 46.0 Å². The Labute approximate surface area is 94.7 Å². The molecule has 0 saturated heterocycles. The molecule has 16 heavy (non-hydrogen) atoms. The van der Waals surface area contributed by atoms with Crippen LogP contribution in [0.2, 0.25) is 0 Å². The first-order valence-electron chi connectivity index (χ1n) is 4.96. The zero-order valence-corrected chi connectivity index (χ0v) is 9.64. The van der Waals surface area contributed by atoms with Crippen LogP contribution in [0.3, 0.4) is 0 Å². The summed E-state index contributed by atoms with van der Waals surface area (Å²) in [6.45, 7) is 4.11. The predicted molar refractivity (Wildman–Crippen MR) is 63.1 cm³/mol. The fourth-order valence-electron chi connectivity index (χ4n) is 1.32. The highest BCUT2D eigenvalue weighted by Crippen LogP contribution is 2.29. The van der Waals surface area contributed by atoms with Crippen molar-refractivity contribution in [2.45, 2.75) is 19.4 Å². The smallest absolute Gasteiger partial charge is 0.194 e. The molecule has 4 nitrogen and oxygen atoms in total. The first-order chi connectivity index (χ1) is 7.41. The third-order valence-electron chi connectivity index (χ3n) is 1.96. The first-order valence-corrected chi connectivity index (χ1v) is 4.96. The molecule has 1 aromatic carbocycles. The number of nitrogens with zero attached hydrogens (tertiary/aromatic N) is 1. The lowest BCUT2D eigenvalue weighted by Crippen LogP contribution is -2.27. The lowest BCUT2D eigenvalue weighted by atomic mass is 10.0. The lowest BCUT2D eigenvalue weighted by molar-refractivity contribution is -0.445. The van der Waals surface area contributed by atoms with Crippen molar-refractivity contribution in [2.75, 3.05) is 7.05 Å². The van der Waals surface area contributed by atoms with Gasteiger partial charge in [-0.2, -0.15) is 0 Å². The molecule has 0 atom stereocenters. The van der Waals surface area contributed by atoms with E-state index in [2.05, 4.69) is 32.1 Å². The molecule has 1 heterocycles. The Morgan fingerprint density at radius 2 is 1.88 bits per heavy atom. The van der Waals surface area contributed by atoms with E-state index in [0.29, 0.717) is 0 Å². The number of nitro groups is 1. The maximum atomic E-state index is 8.81. The van der Waals surface area contributed by atoms with Crippen molar-refractivity contribution in [1.29, 1.82) is 0 Å². The normalized spacial score (nSPS) is 15.2. The Kier molecular flexibility index (Phi) is 3.66. The van der Waals surface area contributed by atoms with Gasteiger partial charge in [0.2, 0.25) is 0 Å². The minimum atomic E-state index is -0.500. The molecule has 0 unspecified atom stereocenters. The molecule has 0 aliphatic carbocycles. The highest BCUT2D eigenvalue weighted by molar-refractivity contribution is 5.60. The van der Waals surface area contributed by atoms with E-state index >= 15 is 0 Å². The lowest BCUT2D eigenvalue weighted by Gasteiger charge is -2.27. The van der Waals surface area contributed by atoms with Crippen LogP contribution in [0.15, 0.2) is 30.3 Å². The molecule has 0 amide bonds. The van der Waals surface area contributed by atoms with Gasteiger partial charge in [-0.3, -0.25) is 10.1 Å². The van der Waals surface area contributed by atoms with Gasteiger partial charge in [-0.1, -0.05) is 24.3 Å². The fraction of sp³-hybridized carbons (Fsp3) is 0.333. The molecule has 0 spiro atoms. The Bertz CT molecular complexity index is 406. The third kappa shape index (κ3) is 3.73. The van der Waals surface area contributed by atoms with E-state index in [-0.39, 0.29) is 5.60 Å². The van der Waals surface area contributed by atoms with Crippen LogP contribution in [-0.2, 0) is 0 Å². The second-order valence-corrected chi connectivity index (χ2v) is 4.02. The zero-order valence-electron chi connectivity index (χ0n) is 9.64. The van der Waals surface area contributed by atoms with E-state index < -0.39 is 4.92 Å². The van der Waals surface area contributed by atoms with Crippen LogP contribution in [0.5, 0.6) is 5.75 Å². The maximum absolute atomic E-state index is 8.81. The van der Waals surface area contributed by atoms with Crippen molar-refractivity contribution in [3.63, 3.8) is 0 Å². The van der Waals surface area contributed by atoms with Gasteiger partial charge in [-0.15, -0.1) is 0 Å². The summed E-state index contributed by atoms with van der Waals surface area (Å²) in [4.78, 5) is 8.31. The Balaban J connectivity index is 0.000000280. The molecular formula is C12H15NO3. The molecular weight excluding hydrogens is 206 g/mol. The van der Waals surface area contributed by atoms with Crippen molar-refractivity contribution < 1.29 is 9.66 Å². The molecule has 86 valence electrons. The maximum Gasteiger partial charge on any atom is 0.194 e. The van der Waals surface area contributed by atoms with Crippen LogP contribution < -0.4 is 4.74 Å². The van der Waals surface area contributed by atoms with Crippen LogP contribution in [0.4, 0.5) is 0 Å². The van der Waals surface area contributed by atoms with E-state index in [1.807, 2.05) is 18.2 Å². The van der Waals surface area contributed by atoms with Gasteiger partial charge in [-0.05, 0) is 26.0 Å². The van der Waals surface area contributed by atoms with E-state index in [4.69, 9.17) is 14.9 Å². The van der Waals surface area contributed by atoms with Gasteiger partial charge in [0.15, 0.2) is 7.05 Å². The molecule has 0 saturated carbocycles. The number of rotatable bonds is 0. The molecule has 0 N–H and O–H groups in total. The summed E-state index contributed by atoms with van der Waals surface area (Å²) >= 11 is 0. The summed E-state index contributed by atoms with van der Waals surface area (Å²) in [5.74, 6) is 0.977. The average Bonchev–Trinajstić information content (AvgIpc) is 2.15. The Hall–Kier alpha value is -1.84. The highest BCUT2D eigenvalue weighted by Gasteiger charge is 2.20. The Morgan fingerprint density at radius 3 is 2.50 bits per heavy atom. The minimum Gasteiger partial charge on any atom is -0.483 e. The van der Waals surface area contributed by atoms with Crippen LogP contribution in [0.25, 0.3) is 6.08 Å². The summed E-state index contributed by atoms with van der Waals surface area (Å²) in [5, 5.41) is 8.81. The number of ether oxygens (including phenoxy) is 1. The van der Waals surface area contributed by atoms with Crippen molar-refractivity contribution in [1.82, 2.24) is 0 Å². The summed E-state index contributed by atoms with van der Waals surface area (Å²) in [6, 6.07) is 8.07. The van der Waals surface area contributed by atoms with E-state index in [1.165, 1.54) is 0 Å². The van der Waals surface area contributed by atoms with Crippen molar-refractivity contribution in [2.24, 2.45) is 0 Å². The number of hydrogen-bond donors (Lipinski definition) is 0. The topological polar surface area (TPSA) is 52.4 Å². The van der Waals surface area contributed by atoms with E-state index in [9.17, 15) is 0 Å². The highest BCUT2D eigenvalue weighted by atomic mass is 16.6. The van der Waals surface area contributed by atoms with Crippen LogP contribution >= 0.6 is 0 Å². The SMILES string of the molecule is CC1(C)C=Cc2ccccc2O1.C[N+](=O)[O-]. The third-order valence-corrected chi connectivity index (χ3v) is 1.96. The standard InChI is InChI=1S/C11H12O.CH3NO2/c1-11(2)8-7-9-5-3-4-6-10(9)12-11;1-2(3)4/h3-8H,1-2H3;1H3. The van der Waals surface area contributed by atoms with Gasteiger partial charge in [0.05, 0.1) is 0 Å².